The molecule has 3 rings (SSSR count). The molecule has 2 N–H and O–H groups in total. The van der Waals surface area contributed by atoms with Crippen LogP contribution in [0.1, 0.15) is 48.7 Å². The van der Waals surface area contributed by atoms with Crippen molar-refractivity contribution in [2.75, 3.05) is 13.1 Å². The van der Waals surface area contributed by atoms with Crippen molar-refractivity contribution in [2.24, 2.45) is 11.8 Å². The van der Waals surface area contributed by atoms with Gasteiger partial charge in [-0.3, -0.25) is 14.3 Å². The Kier molecular flexibility index (Phi) is 5.11. The maximum absolute atomic E-state index is 13.1. The quantitative estimate of drug-likeness (QED) is 0.818. The number of imidazole rings is 1. The molecule has 26 heavy (non-hydrogen) atoms. The second-order valence-corrected chi connectivity index (χ2v) is 7.17. The van der Waals surface area contributed by atoms with Gasteiger partial charge in [-0.05, 0) is 25.3 Å². The summed E-state index contributed by atoms with van der Waals surface area (Å²) in [5.74, 6) is -1.03. The Bertz CT molecular complexity index is 781. The van der Waals surface area contributed by atoms with Crippen LogP contribution < -0.4 is 0 Å². The Hall–Kier alpha value is -2.64. The fourth-order valence-electron chi connectivity index (χ4n) is 3.54. The van der Waals surface area contributed by atoms with Gasteiger partial charge < -0.3 is 15.0 Å². The second-order valence-electron chi connectivity index (χ2n) is 7.17. The summed E-state index contributed by atoms with van der Waals surface area (Å²) >= 11 is 0. The summed E-state index contributed by atoms with van der Waals surface area (Å²) in [7, 11) is 0. The van der Waals surface area contributed by atoms with E-state index in [1.54, 1.807) is 22.0 Å². The molecule has 0 saturated carbocycles. The molecule has 1 aliphatic heterocycles. The van der Waals surface area contributed by atoms with Gasteiger partial charge in [-0.25, -0.2) is 4.98 Å². The molecule has 8 nitrogen and oxygen atoms in total. The molecule has 1 amide bonds. The van der Waals surface area contributed by atoms with Gasteiger partial charge in [-0.2, -0.15) is 5.10 Å². The number of nitrogens with zero attached hydrogens (tertiary/aromatic N) is 4. The molecular formula is C18H25N5O3. The third-order valence-electron chi connectivity index (χ3n) is 4.76. The summed E-state index contributed by atoms with van der Waals surface area (Å²) in [5, 5.41) is 14.1. The molecule has 0 aromatic carbocycles. The molecule has 140 valence electrons. The number of amides is 1. The lowest BCUT2D eigenvalue weighted by molar-refractivity contribution is -0.141. The number of carbonyl (C=O) groups excluding carboxylic acids is 1. The molecule has 2 aromatic rings. The first-order valence-electron chi connectivity index (χ1n) is 8.98. The maximum atomic E-state index is 13.1. The van der Waals surface area contributed by atoms with Crippen LogP contribution in [-0.4, -0.2) is 54.7 Å². The number of likely N-dealkylation sites (tertiary alicyclic amines) is 1. The van der Waals surface area contributed by atoms with Crippen LogP contribution in [0.5, 0.6) is 0 Å². The summed E-state index contributed by atoms with van der Waals surface area (Å²) in [6.07, 6.45) is 4.08. The Balaban J connectivity index is 1.84. The van der Waals surface area contributed by atoms with Gasteiger partial charge in [0.1, 0.15) is 11.5 Å². The number of nitrogens with one attached hydrogen (secondary N) is 1. The van der Waals surface area contributed by atoms with Crippen LogP contribution in [0.2, 0.25) is 0 Å². The zero-order valence-corrected chi connectivity index (χ0v) is 15.3. The summed E-state index contributed by atoms with van der Waals surface area (Å²) in [6, 6.07) is 1.84. The first kappa shape index (κ1) is 18.2. The number of carbonyl (C=O) groups is 2. The van der Waals surface area contributed by atoms with Crippen molar-refractivity contribution in [3.05, 3.63) is 35.7 Å². The van der Waals surface area contributed by atoms with E-state index in [2.05, 4.69) is 28.9 Å². The number of carboxylic acids is 1. The normalized spacial score (nSPS) is 20.1. The number of aryl methyl sites for hydroxylation is 1. The third kappa shape index (κ3) is 3.49. The van der Waals surface area contributed by atoms with E-state index in [9.17, 15) is 14.7 Å². The molecular weight excluding hydrogens is 334 g/mol. The monoisotopic (exact) mass is 359 g/mol. The summed E-state index contributed by atoms with van der Waals surface area (Å²) in [5.41, 5.74) is 1.41. The molecule has 0 aliphatic carbocycles. The predicted octanol–water partition coefficient (Wildman–Crippen LogP) is 1.76. The summed E-state index contributed by atoms with van der Waals surface area (Å²) < 4.78 is 1.70. The molecule has 1 aliphatic rings. The van der Waals surface area contributed by atoms with Gasteiger partial charge in [-0.15, -0.1) is 0 Å². The SMILES string of the molecule is CCn1nc(CC(C)C)cc1C(=O)N1C[C@@H](C(=O)O)[C@H](c2ncc[nH]2)C1. The van der Waals surface area contributed by atoms with Gasteiger partial charge in [0.05, 0.1) is 11.6 Å². The van der Waals surface area contributed by atoms with E-state index < -0.39 is 11.9 Å². The Morgan fingerprint density at radius 2 is 2.15 bits per heavy atom. The van der Waals surface area contributed by atoms with Gasteiger partial charge in [0, 0.05) is 37.9 Å². The average Bonchev–Trinajstić information content (AvgIpc) is 3.31. The number of aromatic amines is 1. The average molecular weight is 359 g/mol. The molecule has 2 atom stereocenters. The van der Waals surface area contributed by atoms with Gasteiger partial charge >= 0.3 is 5.97 Å². The van der Waals surface area contributed by atoms with Gasteiger partial charge in [0.15, 0.2) is 0 Å². The Morgan fingerprint density at radius 1 is 1.38 bits per heavy atom. The highest BCUT2D eigenvalue weighted by Gasteiger charge is 2.42. The number of hydrogen-bond acceptors (Lipinski definition) is 4. The maximum Gasteiger partial charge on any atom is 0.309 e. The first-order chi connectivity index (χ1) is 12.4. The zero-order valence-electron chi connectivity index (χ0n) is 15.3. The topological polar surface area (TPSA) is 104 Å². The van der Waals surface area contributed by atoms with Crippen molar-refractivity contribution in [1.29, 1.82) is 0 Å². The number of rotatable bonds is 6. The van der Waals surface area contributed by atoms with Crippen molar-refractivity contribution in [3.8, 4) is 0 Å². The Labute approximate surface area is 152 Å². The molecule has 2 aromatic heterocycles. The van der Waals surface area contributed by atoms with Crippen LogP contribution in [-0.2, 0) is 17.8 Å². The predicted molar refractivity (Wildman–Crippen MR) is 94.8 cm³/mol. The fourth-order valence-corrected chi connectivity index (χ4v) is 3.54. The highest BCUT2D eigenvalue weighted by atomic mass is 16.4. The highest BCUT2D eigenvalue weighted by Crippen LogP contribution is 2.32. The van der Waals surface area contributed by atoms with Crippen LogP contribution in [0.15, 0.2) is 18.5 Å². The minimum atomic E-state index is -0.911. The molecule has 0 spiro atoms. The molecule has 1 saturated heterocycles. The van der Waals surface area contributed by atoms with E-state index in [1.165, 1.54) is 0 Å². The molecule has 1 fully saturated rings. The smallest absolute Gasteiger partial charge is 0.309 e. The summed E-state index contributed by atoms with van der Waals surface area (Å²) in [6.45, 7) is 7.26. The van der Waals surface area contributed by atoms with Crippen LogP contribution in [0, 0.1) is 11.8 Å². The van der Waals surface area contributed by atoms with Crippen LogP contribution >= 0.6 is 0 Å². The van der Waals surface area contributed by atoms with Crippen molar-refractivity contribution in [3.63, 3.8) is 0 Å². The third-order valence-corrected chi connectivity index (χ3v) is 4.76. The van der Waals surface area contributed by atoms with Gasteiger partial charge in [0.25, 0.3) is 5.91 Å². The molecule has 0 radical (unpaired) electrons. The van der Waals surface area contributed by atoms with Crippen molar-refractivity contribution in [1.82, 2.24) is 24.6 Å². The van der Waals surface area contributed by atoms with E-state index in [0.29, 0.717) is 30.5 Å². The fraction of sp³-hybridized carbons (Fsp3) is 0.556. The van der Waals surface area contributed by atoms with E-state index in [-0.39, 0.29) is 18.4 Å². The summed E-state index contributed by atoms with van der Waals surface area (Å²) in [4.78, 5) is 33.5. The minimum Gasteiger partial charge on any atom is -0.481 e. The van der Waals surface area contributed by atoms with Crippen LogP contribution in [0.25, 0.3) is 0 Å². The first-order valence-corrected chi connectivity index (χ1v) is 8.98. The molecule has 0 unspecified atom stereocenters. The van der Waals surface area contributed by atoms with E-state index in [4.69, 9.17) is 0 Å². The van der Waals surface area contributed by atoms with Crippen LogP contribution in [0.4, 0.5) is 0 Å². The van der Waals surface area contributed by atoms with E-state index in [1.807, 2.05) is 13.0 Å². The van der Waals surface area contributed by atoms with Crippen molar-refractivity contribution < 1.29 is 14.7 Å². The van der Waals surface area contributed by atoms with Crippen LogP contribution in [0.3, 0.4) is 0 Å². The lowest BCUT2D eigenvalue weighted by Crippen LogP contribution is -2.31. The minimum absolute atomic E-state index is 0.172. The molecule has 8 heteroatoms. The number of aromatic nitrogens is 4. The standard InChI is InChI=1S/C18H25N5O3/c1-4-23-15(8-12(21-23)7-11(2)3)17(24)22-9-13(14(10-22)18(25)26)16-19-5-6-20-16/h5-6,8,11,13-14H,4,7,9-10H2,1-3H3,(H,19,20)(H,25,26)/t13-,14-/m1/s1. The number of H-pyrrole nitrogens is 1. The molecule has 3 heterocycles. The largest absolute Gasteiger partial charge is 0.481 e. The van der Waals surface area contributed by atoms with E-state index in [0.717, 1.165) is 12.1 Å². The number of hydrogen-bond donors (Lipinski definition) is 2. The zero-order chi connectivity index (χ0) is 18.8. The Morgan fingerprint density at radius 3 is 2.73 bits per heavy atom. The number of carboxylic acid groups (broad SMARTS) is 1. The number of aliphatic carboxylic acids is 1. The second kappa shape index (κ2) is 7.31. The lowest BCUT2D eigenvalue weighted by atomic mass is 9.96. The van der Waals surface area contributed by atoms with E-state index >= 15 is 0 Å². The molecule has 0 bridgehead atoms. The highest BCUT2D eigenvalue weighted by molar-refractivity contribution is 5.93. The van der Waals surface area contributed by atoms with Crippen molar-refractivity contribution in [2.45, 2.75) is 39.7 Å². The lowest BCUT2D eigenvalue weighted by Gasteiger charge is -2.16. The van der Waals surface area contributed by atoms with Crippen molar-refractivity contribution >= 4 is 11.9 Å². The van der Waals surface area contributed by atoms with Gasteiger partial charge in [0.2, 0.25) is 0 Å². The van der Waals surface area contributed by atoms with Gasteiger partial charge in [-0.1, -0.05) is 13.8 Å².